The van der Waals surface area contributed by atoms with E-state index in [9.17, 15) is 26.7 Å². The van der Waals surface area contributed by atoms with Gasteiger partial charge in [0.1, 0.15) is 6.61 Å². The van der Waals surface area contributed by atoms with Crippen molar-refractivity contribution < 1.29 is 31.5 Å². The molecule has 36 heavy (non-hydrogen) atoms. The number of amides is 1. The largest absolute Gasteiger partial charge is 0.474 e. The van der Waals surface area contributed by atoms with Crippen LogP contribution in [0.1, 0.15) is 29.5 Å². The van der Waals surface area contributed by atoms with Crippen LogP contribution in [0.15, 0.2) is 42.9 Å². The molecule has 1 aromatic carbocycles. The average Bonchev–Trinajstić information content (AvgIpc) is 3.19. The minimum absolute atomic E-state index is 0.0240. The SMILES string of the molecule is C[C@@H]1CC(F)(F)CN(C(=O)c2nn(C)cc2-c2ccc(Cl)cc2)C1COc1cnc(C(F)(F)F)cn1. The van der Waals surface area contributed by atoms with Gasteiger partial charge in [0.05, 0.1) is 25.0 Å². The predicted molar refractivity (Wildman–Crippen MR) is 120 cm³/mol. The average molecular weight is 530 g/mol. The summed E-state index contributed by atoms with van der Waals surface area (Å²) in [6, 6.07) is 5.83. The third-order valence-corrected chi connectivity index (χ3v) is 6.10. The number of likely N-dealkylation sites (tertiary alicyclic amines) is 1. The van der Waals surface area contributed by atoms with Crippen LogP contribution in [0.4, 0.5) is 22.0 Å². The van der Waals surface area contributed by atoms with E-state index in [0.29, 0.717) is 22.3 Å². The van der Waals surface area contributed by atoms with Crippen LogP contribution in [-0.2, 0) is 13.2 Å². The highest BCUT2D eigenvalue weighted by Gasteiger charge is 2.47. The molecule has 1 saturated heterocycles. The summed E-state index contributed by atoms with van der Waals surface area (Å²) in [5, 5.41) is 4.71. The van der Waals surface area contributed by atoms with Crippen molar-refractivity contribution in [3.05, 3.63) is 59.3 Å². The summed E-state index contributed by atoms with van der Waals surface area (Å²) in [6.45, 7) is 0.421. The highest BCUT2D eigenvalue weighted by atomic mass is 35.5. The summed E-state index contributed by atoms with van der Waals surface area (Å²) >= 11 is 5.95. The molecule has 1 aliphatic heterocycles. The molecule has 4 rings (SSSR count). The van der Waals surface area contributed by atoms with E-state index in [1.807, 2.05) is 0 Å². The minimum atomic E-state index is -4.66. The first-order valence-electron chi connectivity index (χ1n) is 10.8. The van der Waals surface area contributed by atoms with Gasteiger partial charge in [0.15, 0.2) is 11.4 Å². The number of hydrogen-bond donors (Lipinski definition) is 0. The number of hydrogen-bond acceptors (Lipinski definition) is 5. The maximum atomic E-state index is 14.5. The van der Waals surface area contributed by atoms with Gasteiger partial charge in [-0.25, -0.2) is 18.7 Å². The van der Waals surface area contributed by atoms with E-state index in [1.54, 1.807) is 44.4 Å². The number of benzene rings is 1. The zero-order valence-corrected chi connectivity index (χ0v) is 19.9. The molecule has 0 bridgehead atoms. The van der Waals surface area contributed by atoms with Crippen LogP contribution in [0.3, 0.4) is 0 Å². The van der Waals surface area contributed by atoms with Crippen LogP contribution in [0.2, 0.25) is 5.02 Å². The molecular weight excluding hydrogens is 509 g/mol. The minimum Gasteiger partial charge on any atom is -0.474 e. The molecule has 1 aliphatic rings. The van der Waals surface area contributed by atoms with Crippen molar-refractivity contribution >= 4 is 17.5 Å². The van der Waals surface area contributed by atoms with Crippen molar-refractivity contribution in [2.24, 2.45) is 13.0 Å². The monoisotopic (exact) mass is 529 g/mol. The van der Waals surface area contributed by atoms with Gasteiger partial charge in [-0.2, -0.15) is 18.3 Å². The number of halogens is 6. The molecule has 2 aromatic heterocycles. The Labute approximate surface area is 207 Å². The molecule has 0 saturated carbocycles. The van der Waals surface area contributed by atoms with Crippen LogP contribution < -0.4 is 4.74 Å². The summed E-state index contributed by atoms with van der Waals surface area (Å²) in [4.78, 5) is 21.4. The molecule has 192 valence electrons. The van der Waals surface area contributed by atoms with Crippen molar-refractivity contribution in [1.82, 2.24) is 24.6 Å². The number of alkyl halides is 5. The van der Waals surface area contributed by atoms with Crippen molar-refractivity contribution in [1.29, 1.82) is 0 Å². The lowest BCUT2D eigenvalue weighted by Crippen LogP contribution is -2.57. The van der Waals surface area contributed by atoms with Gasteiger partial charge in [0.2, 0.25) is 5.88 Å². The molecule has 1 fully saturated rings. The molecule has 0 spiro atoms. The Hall–Kier alpha value is -3.28. The molecule has 13 heteroatoms. The zero-order valence-electron chi connectivity index (χ0n) is 19.1. The van der Waals surface area contributed by atoms with E-state index in [0.717, 1.165) is 11.1 Å². The van der Waals surface area contributed by atoms with Crippen molar-refractivity contribution in [2.45, 2.75) is 31.5 Å². The quantitative estimate of drug-likeness (QED) is 0.429. The molecule has 0 N–H and O–H groups in total. The van der Waals surface area contributed by atoms with Crippen LogP contribution in [-0.4, -0.2) is 55.7 Å². The van der Waals surface area contributed by atoms with Gasteiger partial charge >= 0.3 is 6.18 Å². The Morgan fingerprint density at radius 3 is 2.50 bits per heavy atom. The molecule has 1 amide bonds. The second-order valence-electron chi connectivity index (χ2n) is 8.66. The highest BCUT2D eigenvalue weighted by Crippen LogP contribution is 2.36. The van der Waals surface area contributed by atoms with E-state index < -0.39 is 48.6 Å². The zero-order chi connectivity index (χ0) is 26.3. The summed E-state index contributed by atoms with van der Waals surface area (Å²) in [5.41, 5.74) is -0.152. The number of carbonyl (C=O) groups excluding carboxylic acids is 1. The van der Waals surface area contributed by atoms with E-state index in [1.165, 1.54) is 4.68 Å². The smallest absolute Gasteiger partial charge is 0.434 e. The molecule has 0 radical (unpaired) electrons. The Morgan fingerprint density at radius 2 is 1.89 bits per heavy atom. The number of nitrogens with zero attached hydrogens (tertiary/aromatic N) is 5. The van der Waals surface area contributed by atoms with Crippen molar-refractivity contribution in [3.63, 3.8) is 0 Å². The highest BCUT2D eigenvalue weighted by molar-refractivity contribution is 6.30. The lowest BCUT2D eigenvalue weighted by Gasteiger charge is -2.42. The van der Waals surface area contributed by atoms with E-state index >= 15 is 0 Å². The number of rotatable bonds is 5. The second kappa shape index (κ2) is 9.64. The van der Waals surface area contributed by atoms with Gasteiger partial charge in [0, 0.05) is 30.3 Å². The van der Waals surface area contributed by atoms with E-state index in [2.05, 4.69) is 15.1 Å². The van der Waals surface area contributed by atoms with E-state index in [4.69, 9.17) is 16.3 Å². The molecule has 2 atom stereocenters. The van der Waals surface area contributed by atoms with E-state index in [-0.39, 0.29) is 18.2 Å². The molecular formula is C23H21ClF5N5O2. The number of aromatic nitrogens is 4. The Morgan fingerprint density at radius 1 is 1.19 bits per heavy atom. The van der Waals surface area contributed by atoms with Crippen LogP contribution >= 0.6 is 11.6 Å². The lowest BCUT2D eigenvalue weighted by atomic mass is 9.88. The normalized spacial score (nSPS) is 19.8. The van der Waals surface area contributed by atoms with Gasteiger partial charge in [-0.3, -0.25) is 9.48 Å². The van der Waals surface area contributed by atoms with Crippen molar-refractivity contribution in [3.8, 4) is 17.0 Å². The molecule has 1 unspecified atom stereocenters. The fraction of sp³-hybridized carbons (Fsp3) is 0.391. The fourth-order valence-corrected chi connectivity index (χ4v) is 4.28. The van der Waals surface area contributed by atoms with Gasteiger partial charge in [-0.05, 0) is 23.6 Å². The first-order chi connectivity index (χ1) is 16.8. The molecule has 0 aliphatic carbocycles. The van der Waals surface area contributed by atoms with Gasteiger partial charge in [-0.1, -0.05) is 30.7 Å². The third-order valence-electron chi connectivity index (χ3n) is 5.85. The predicted octanol–water partition coefficient (Wildman–Crippen LogP) is 5.11. The lowest BCUT2D eigenvalue weighted by molar-refractivity contribution is -0.141. The van der Waals surface area contributed by atoms with Crippen LogP contribution in [0.25, 0.3) is 11.1 Å². The number of aryl methyl sites for hydroxylation is 1. The maximum Gasteiger partial charge on any atom is 0.434 e. The number of ether oxygens (including phenoxy) is 1. The second-order valence-corrected chi connectivity index (χ2v) is 9.09. The number of carbonyl (C=O) groups is 1. The fourth-order valence-electron chi connectivity index (χ4n) is 4.15. The van der Waals surface area contributed by atoms with Crippen LogP contribution in [0.5, 0.6) is 5.88 Å². The van der Waals surface area contributed by atoms with Gasteiger partial charge in [-0.15, -0.1) is 0 Å². The Kier molecular flexibility index (Phi) is 6.91. The van der Waals surface area contributed by atoms with Gasteiger partial charge < -0.3 is 9.64 Å². The summed E-state index contributed by atoms with van der Waals surface area (Å²) < 4.78 is 74.2. The third kappa shape index (κ3) is 5.58. The molecule has 3 aromatic rings. The topological polar surface area (TPSA) is 73.1 Å². The summed E-state index contributed by atoms with van der Waals surface area (Å²) in [5.74, 6) is -4.78. The first kappa shape index (κ1) is 25.8. The maximum absolute atomic E-state index is 14.5. The standard InChI is InChI=1S/C23H21ClF5N5O2/c1-13-7-22(25,26)12-34(17(13)11-36-19-9-30-18(8-31-19)23(27,28)29)21(35)20-16(10-33(2)32-20)14-3-5-15(24)6-4-14/h3-6,8-10,13,17H,7,11-12H2,1-2H3/t13-,17?/m1/s1. The summed E-state index contributed by atoms with van der Waals surface area (Å²) in [7, 11) is 1.60. The Bertz CT molecular complexity index is 1230. The molecule has 7 nitrogen and oxygen atoms in total. The first-order valence-corrected chi connectivity index (χ1v) is 11.2. The number of piperidine rings is 1. The van der Waals surface area contributed by atoms with Gasteiger partial charge in [0.25, 0.3) is 11.8 Å². The molecule has 3 heterocycles. The Balaban J connectivity index is 1.60. The van der Waals surface area contributed by atoms with Crippen LogP contribution in [0, 0.1) is 5.92 Å². The van der Waals surface area contributed by atoms with Crippen molar-refractivity contribution in [2.75, 3.05) is 13.2 Å². The summed E-state index contributed by atoms with van der Waals surface area (Å²) in [6.07, 6.45) is -2.23.